The first kappa shape index (κ1) is 10.7. The summed E-state index contributed by atoms with van der Waals surface area (Å²) in [5, 5.41) is 8.86. The minimum absolute atomic E-state index is 0.514. The summed E-state index contributed by atoms with van der Waals surface area (Å²) < 4.78 is 15.3. The van der Waals surface area contributed by atoms with Crippen molar-refractivity contribution in [3.05, 3.63) is 12.1 Å². The number of hydrogen-bond donors (Lipinski definition) is 1. The fraction of sp³-hybridized carbons (Fsp3) is 0.333. The van der Waals surface area contributed by atoms with Gasteiger partial charge in [-0.3, -0.25) is 0 Å². The van der Waals surface area contributed by atoms with Gasteiger partial charge in [0.1, 0.15) is 0 Å². The first-order valence-electron chi connectivity index (χ1n) is 4.04. The Morgan fingerprint density at radius 3 is 1.79 bits per heavy atom. The van der Waals surface area contributed by atoms with Crippen LogP contribution in [0.25, 0.3) is 0 Å². The molecule has 0 saturated heterocycles. The van der Waals surface area contributed by atoms with Crippen molar-refractivity contribution in [2.75, 3.05) is 21.3 Å². The molecule has 0 aliphatic rings. The Bertz CT molecular complexity index is 289. The zero-order chi connectivity index (χ0) is 10.6. The summed E-state index contributed by atoms with van der Waals surface area (Å²) in [6.07, 6.45) is 0. The third kappa shape index (κ3) is 1.93. The lowest BCUT2D eigenvalue weighted by Crippen LogP contribution is -2.14. The second-order valence-corrected chi connectivity index (χ2v) is 2.59. The summed E-state index contributed by atoms with van der Waals surface area (Å²) in [5.41, 5.74) is 0.597. The third-order valence-electron chi connectivity index (χ3n) is 1.84. The molecule has 0 aliphatic heterocycles. The summed E-state index contributed by atoms with van der Waals surface area (Å²) in [6, 6.07) is 3.31. The molecule has 0 aliphatic carbocycles. The highest BCUT2D eigenvalue weighted by molar-refractivity contribution is 6.45. The molecular weight excluding hydrogens is 183 g/mol. The summed E-state index contributed by atoms with van der Waals surface area (Å²) in [5.74, 6) is 1.56. The maximum absolute atomic E-state index is 8.86. The molecule has 0 unspecified atom stereocenters. The van der Waals surface area contributed by atoms with Crippen molar-refractivity contribution < 1.29 is 19.2 Å². The molecule has 1 aromatic rings. The van der Waals surface area contributed by atoms with Gasteiger partial charge in [-0.25, -0.2) is 0 Å². The molecule has 0 atom stereocenters. The van der Waals surface area contributed by atoms with Crippen LogP contribution in [0.2, 0.25) is 0 Å². The van der Waals surface area contributed by atoms with Gasteiger partial charge in [-0.05, 0) is 17.6 Å². The molecule has 4 nitrogen and oxygen atoms in total. The van der Waals surface area contributed by atoms with E-state index in [-0.39, 0.29) is 0 Å². The molecule has 14 heavy (non-hydrogen) atoms. The Hall–Kier alpha value is -1.36. The average Bonchev–Trinajstić information content (AvgIpc) is 2.26. The molecule has 1 aromatic carbocycles. The lowest BCUT2D eigenvalue weighted by molar-refractivity contribution is 0.325. The lowest BCUT2D eigenvalue weighted by Gasteiger charge is -2.12. The quantitative estimate of drug-likeness (QED) is 0.684. The minimum atomic E-state index is 0.514. The molecule has 5 heteroatoms. The zero-order valence-electron chi connectivity index (χ0n) is 8.40. The summed E-state index contributed by atoms with van der Waals surface area (Å²) in [4.78, 5) is 0. The maximum atomic E-state index is 8.86. The largest absolute Gasteiger partial charge is 0.493 e. The predicted molar refractivity (Wildman–Crippen MR) is 53.7 cm³/mol. The van der Waals surface area contributed by atoms with Gasteiger partial charge in [0, 0.05) is 0 Å². The van der Waals surface area contributed by atoms with Gasteiger partial charge in [-0.1, -0.05) is 0 Å². The van der Waals surface area contributed by atoms with Gasteiger partial charge in [-0.15, -0.1) is 0 Å². The molecule has 0 amide bonds. The van der Waals surface area contributed by atoms with E-state index in [1.807, 2.05) is 0 Å². The summed E-state index contributed by atoms with van der Waals surface area (Å²) >= 11 is 0. The molecule has 0 heterocycles. The first-order chi connectivity index (χ1) is 6.76. The van der Waals surface area contributed by atoms with Crippen LogP contribution in [0, 0.1) is 0 Å². The van der Waals surface area contributed by atoms with Crippen LogP contribution < -0.4 is 19.7 Å². The van der Waals surface area contributed by atoms with Crippen LogP contribution in [0.1, 0.15) is 0 Å². The maximum Gasteiger partial charge on any atom is 0.327 e. The average molecular weight is 195 g/mol. The van der Waals surface area contributed by atoms with Gasteiger partial charge in [0.15, 0.2) is 11.5 Å². The van der Waals surface area contributed by atoms with Crippen molar-refractivity contribution in [1.82, 2.24) is 0 Å². The number of ether oxygens (including phenoxy) is 3. The molecule has 0 saturated carbocycles. The second-order valence-electron chi connectivity index (χ2n) is 2.59. The van der Waals surface area contributed by atoms with Gasteiger partial charge in [0.05, 0.1) is 21.3 Å². The Kier molecular flexibility index (Phi) is 3.65. The molecule has 0 bridgehead atoms. The lowest BCUT2D eigenvalue weighted by atomic mass is 9.88. The van der Waals surface area contributed by atoms with E-state index in [2.05, 4.69) is 0 Å². The van der Waals surface area contributed by atoms with Crippen LogP contribution in [-0.4, -0.2) is 33.8 Å². The first-order valence-corrected chi connectivity index (χ1v) is 4.04. The highest BCUT2D eigenvalue weighted by Crippen LogP contribution is 2.35. The molecule has 0 aromatic heterocycles. The molecule has 0 fully saturated rings. The highest BCUT2D eigenvalue weighted by atomic mass is 16.5. The highest BCUT2D eigenvalue weighted by Gasteiger charge is 2.12. The van der Waals surface area contributed by atoms with E-state index in [9.17, 15) is 0 Å². The third-order valence-corrected chi connectivity index (χ3v) is 1.84. The number of benzene rings is 1. The van der Waals surface area contributed by atoms with E-state index in [1.54, 1.807) is 12.1 Å². The van der Waals surface area contributed by atoms with E-state index in [4.69, 9.17) is 19.2 Å². The zero-order valence-corrected chi connectivity index (χ0v) is 8.40. The van der Waals surface area contributed by atoms with Crippen molar-refractivity contribution in [3.63, 3.8) is 0 Å². The molecule has 75 valence electrons. The molecule has 1 rings (SSSR count). The van der Waals surface area contributed by atoms with Crippen LogP contribution in [0.4, 0.5) is 0 Å². The van der Waals surface area contributed by atoms with E-state index in [0.29, 0.717) is 22.7 Å². The normalized spacial score (nSPS) is 9.43. The van der Waals surface area contributed by atoms with Crippen molar-refractivity contribution in [1.29, 1.82) is 0 Å². The fourth-order valence-corrected chi connectivity index (χ4v) is 1.18. The topological polar surface area (TPSA) is 47.9 Å². The second kappa shape index (κ2) is 4.76. The number of rotatable bonds is 4. The summed E-state index contributed by atoms with van der Waals surface area (Å²) in [6.45, 7) is 0. The molecular formula is C9H12BO4. The van der Waals surface area contributed by atoms with Gasteiger partial charge in [-0.2, -0.15) is 0 Å². The molecule has 1 radical (unpaired) electrons. The van der Waals surface area contributed by atoms with E-state index in [0.717, 1.165) is 7.48 Å². The smallest absolute Gasteiger partial charge is 0.327 e. The van der Waals surface area contributed by atoms with E-state index < -0.39 is 0 Å². The van der Waals surface area contributed by atoms with Crippen LogP contribution in [0.15, 0.2) is 12.1 Å². The van der Waals surface area contributed by atoms with Crippen molar-refractivity contribution >= 4 is 12.9 Å². The number of methoxy groups -OCH3 is 3. The molecule has 1 N–H and O–H groups in total. The Morgan fingerprint density at radius 1 is 1.00 bits per heavy atom. The summed E-state index contributed by atoms with van der Waals surface area (Å²) in [7, 11) is 5.56. The minimum Gasteiger partial charge on any atom is -0.493 e. The standard InChI is InChI=1S/C9H12BO4/c1-12-7-4-6(10-11)5-8(13-2)9(7)14-3/h4-5,11H,1-3H3. The van der Waals surface area contributed by atoms with Gasteiger partial charge in [0.25, 0.3) is 0 Å². The van der Waals surface area contributed by atoms with E-state index >= 15 is 0 Å². The van der Waals surface area contributed by atoms with Crippen molar-refractivity contribution in [2.45, 2.75) is 0 Å². The Morgan fingerprint density at radius 2 is 1.50 bits per heavy atom. The van der Waals surface area contributed by atoms with Crippen molar-refractivity contribution in [3.8, 4) is 17.2 Å². The van der Waals surface area contributed by atoms with Crippen LogP contribution >= 0.6 is 0 Å². The van der Waals surface area contributed by atoms with Crippen LogP contribution in [0.3, 0.4) is 0 Å². The SMILES string of the molecule is COc1cc([B]O)cc(OC)c1OC. The number of hydrogen-bond acceptors (Lipinski definition) is 4. The Labute approximate surface area is 83.7 Å². The van der Waals surface area contributed by atoms with Crippen LogP contribution in [-0.2, 0) is 0 Å². The Balaban J connectivity index is 3.24. The van der Waals surface area contributed by atoms with Gasteiger partial charge >= 0.3 is 7.48 Å². The van der Waals surface area contributed by atoms with Crippen LogP contribution in [0.5, 0.6) is 17.2 Å². The van der Waals surface area contributed by atoms with Gasteiger partial charge in [0.2, 0.25) is 5.75 Å². The molecule has 0 spiro atoms. The fourth-order valence-electron chi connectivity index (χ4n) is 1.18. The van der Waals surface area contributed by atoms with E-state index in [1.165, 1.54) is 21.3 Å². The monoisotopic (exact) mass is 195 g/mol. The van der Waals surface area contributed by atoms with Crippen molar-refractivity contribution in [2.24, 2.45) is 0 Å². The van der Waals surface area contributed by atoms with Gasteiger partial charge < -0.3 is 19.2 Å². The predicted octanol–water partition coefficient (Wildman–Crippen LogP) is -0.0508.